The van der Waals surface area contributed by atoms with Crippen LogP contribution in [0.3, 0.4) is 0 Å². The Bertz CT molecular complexity index is 679. The van der Waals surface area contributed by atoms with Crippen molar-refractivity contribution in [3.05, 3.63) is 51.6 Å². The molecule has 0 amide bonds. The maximum atomic E-state index is 6.08. The number of nitrogens with zero attached hydrogens (tertiary/aromatic N) is 3. The van der Waals surface area contributed by atoms with Crippen LogP contribution in [0.4, 0.5) is 5.82 Å². The molecule has 0 atom stereocenters. The van der Waals surface area contributed by atoms with E-state index in [0.29, 0.717) is 15.9 Å². The maximum Gasteiger partial charge on any atom is 0.168 e. The first-order chi connectivity index (χ1) is 11.0. The van der Waals surface area contributed by atoms with Crippen molar-refractivity contribution in [1.82, 2.24) is 10.2 Å². The van der Waals surface area contributed by atoms with Gasteiger partial charge >= 0.3 is 0 Å². The van der Waals surface area contributed by atoms with Crippen LogP contribution in [0.15, 0.2) is 35.4 Å². The van der Waals surface area contributed by atoms with Crippen molar-refractivity contribution in [2.45, 2.75) is 39.0 Å². The Morgan fingerprint density at radius 2 is 1.87 bits per heavy atom. The van der Waals surface area contributed by atoms with E-state index < -0.39 is 0 Å². The maximum absolute atomic E-state index is 6.08. The van der Waals surface area contributed by atoms with Gasteiger partial charge in [-0.15, -0.1) is 5.10 Å². The highest BCUT2D eigenvalue weighted by atomic mass is 35.5. The lowest BCUT2D eigenvalue weighted by Crippen LogP contribution is -2.21. The summed E-state index contributed by atoms with van der Waals surface area (Å²) in [5, 5.41) is 13.8. The summed E-state index contributed by atoms with van der Waals surface area (Å²) in [5.41, 5.74) is 4.69. The van der Waals surface area contributed by atoms with Gasteiger partial charge in [-0.2, -0.15) is 10.2 Å². The van der Waals surface area contributed by atoms with Crippen molar-refractivity contribution >= 4 is 35.2 Å². The molecule has 0 aliphatic carbocycles. The summed E-state index contributed by atoms with van der Waals surface area (Å²) in [7, 11) is 0. The Morgan fingerprint density at radius 1 is 1.13 bits per heavy atom. The molecule has 1 N–H and O–H groups in total. The Morgan fingerprint density at radius 3 is 2.43 bits per heavy atom. The lowest BCUT2D eigenvalue weighted by molar-refractivity contribution is 0.421. The third kappa shape index (κ3) is 4.43. The lowest BCUT2D eigenvalue weighted by Gasteiger charge is -2.25. The van der Waals surface area contributed by atoms with E-state index in [9.17, 15) is 0 Å². The van der Waals surface area contributed by atoms with Gasteiger partial charge in [0.1, 0.15) is 0 Å². The van der Waals surface area contributed by atoms with E-state index >= 15 is 0 Å². The van der Waals surface area contributed by atoms with Crippen LogP contribution in [0.5, 0.6) is 0 Å². The van der Waals surface area contributed by atoms with Crippen LogP contribution >= 0.6 is 23.2 Å². The third-order valence-corrected chi connectivity index (χ3v) is 4.75. The highest BCUT2D eigenvalue weighted by Crippen LogP contribution is 2.29. The number of hydrazone groups is 1. The van der Waals surface area contributed by atoms with Gasteiger partial charge in [-0.25, -0.2) is 0 Å². The molecule has 0 radical (unpaired) electrons. The highest BCUT2D eigenvalue weighted by molar-refractivity contribution is 6.36. The minimum Gasteiger partial charge on any atom is -0.260 e. The molecule has 0 bridgehead atoms. The summed E-state index contributed by atoms with van der Waals surface area (Å²) >= 11 is 11.9. The van der Waals surface area contributed by atoms with Crippen LogP contribution < -0.4 is 5.43 Å². The van der Waals surface area contributed by atoms with Crippen molar-refractivity contribution in [1.29, 1.82) is 0 Å². The molecule has 0 aliphatic rings. The monoisotopic (exact) mass is 350 g/mol. The van der Waals surface area contributed by atoms with Crippen molar-refractivity contribution in [2.75, 3.05) is 5.43 Å². The second-order valence-electron chi connectivity index (χ2n) is 5.61. The molecule has 1 aromatic heterocycles. The average molecular weight is 351 g/mol. The average Bonchev–Trinajstić information content (AvgIpc) is 2.57. The number of anilines is 1. The first kappa shape index (κ1) is 17.7. The summed E-state index contributed by atoms with van der Waals surface area (Å²) in [6.07, 6.45) is 3.67. The summed E-state index contributed by atoms with van der Waals surface area (Å²) in [6, 6.07) is 9.12. The lowest BCUT2D eigenvalue weighted by atomic mass is 9.81. The molecule has 0 unspecified atom stereocenters. The minimum absolute atomic E-state index is 0.0611. The van der Waals surface area contributed by atoms with E-state index in [4.69, 9.17) is 23.2 Å². The molecule has 4 nitrogen and oxygen atoms in total. The van der Waals surface area contributed by atoms with E-state index in [2.05, 4.69) is 41.5 Å². The zero-order chi connectivity index (χ0) is 16.9. The number of rotatable bonds is 6. The largest absolute Gasteiger partial charge is 0.260 e. The van der Waals surface area contributed by atoms with Gasteiger partial charge in [0.15, 0.2) is 5.82 Å². The zero-order valence-electron chi connectivity index (χ0n) is 13.5. The molecule has 2 aromatic rings. The Kier molecular flexibility index (Phi) is 5.97. The van der Waals surface area contributed by atoms with E-state index in [1.807, 2.05) is 12.1 Å². The Hall–Kier alpha value is -1.65. The fourth-order valence-electron chi connectivity index (χ4n) is 2.10. The summed E-state index contributed by atoms with van der Waals surface area (Å²) in [5.74, 6) is 0.588. The topological polar surface area (TPSA) is 50.2 Å². The molecule has 122 valence electrons. The summed E-state index contributed by atoms with van der Waals surface area (Å²) in [4.78, 5) is 0. The second kappa shape index (κ2) is 7.75. The standard InChI is InChI=1S/C17H20Cl2N4/c1-4-17(3,5-2)15-8-9-16(23-21-15)22-20-11-12-6-7-13(18)10-14(12)19/h6-11H,4-5H2,1-3H3,(H,22,23). The number of hydrogen-bond acceptors (Lipinski definition) is 4. The van der Waals surface area contributed by atoms with Gasteiger partial charge in [0, 0.05) is 16.0 Å². The number of halogens is 2. The SMILES string of the molecule is CCC(C)(CC)c1ccc(NN=Cc2ccc(Cl)cc2Cl)nn1. The van der Waals surface area contributed by atoms with Gasteiger partial charge in [-0.3, -0.25) is 5.43 Å². The Balaban J connectivity index is 2.05. The van der Waals surface area contributed by atoms with Crippen LogP contribution in [-0.4, -0.2) is 16.4 Å². The smallest absolute Gasteiger partial charge is 0.168 e. The summed E-state index contributed by atoms with van der Waals surface area (Å²) < 4.78 is 0. The van der Waals surface area contributed by atoms with Gasteiger partial charge < -0.3 is 0 Å². The molecule has 23 heavy (non-hydrogen) atoms. The van der Waals surface area contributed by atoms with Crippen LogP contribution in [0, 0.1) is 0 Å². The normalized spacial score (nSPS) is 11.9. The fourth-order valence-corrected chi connectivity index (χ4v) is 2.56. The molecule has 0 fully saturated rings. The molecule has 0 saturated heterocycles. The van der Waals surface area contributed by atoms with Crippen molar-refractivity contribution in [3.8, 4) is 0 Å². The number of hydrogen-bond donors (Lipinski definition) is 1. The van der Waals surface area contributed by atoms with Gasteiger partial charge in [0.05, 0.1) is 16.9 Å². The van der Waals surface area contributed by atoms with Gasteiger partial charge in [-0.05, 0) is 37.1 Å². The number of nitrogens with one attached hydrogen (secondary N) is 1. The van der Waals surface area contributed by atoms with E-state index in [1.165, 1.54) is 0 Å². The fraction of sp³-hybridized carbons (Fsp3) is 0.353. The van der Waals surface area contributed by atoms with Gasteiger partial charge in [-0.1, -0.05) is 50.0 Å². The molecule has 2 rings (SSSR count). The molecule has 0 aliphatic heterocycles. The number of benzene rings is 1. The molecule has 0 spiro atoms. The van der Waals surface area contributed by atoms with Crippen LogP contribution in [0.25, 0.3) is 0 Å². The zero-order valence-corrected chi connectivity index (χ0v) is 15.0. The predicted molar refractivity (Wildman–Crippen MR) is 97.6 cm³/mol. The highest BCUT2D eigenvalue weighted by Gasteiger charge is 2.24. The van der Waals surface area contributed by atoms with Crippen LogP contribution in [-0.2, 0) is 5.41 Å². The first-order valence-electron chi connectivity index (χ1n) is 7.57. The van der Waals surface area contributed by atoms with E-state index in [0.717, 1.165) is 24.1 Å². The van der Waals surface area contributed by atoms with Crippen molar-refractivity contribution in [2.24, 2.45) is 5.10 Å². The number of aromatic nitrogens is 2. The van der Waals surface area contributed by atoms with Gasteiger partial charge in [0.25, 0.3) is 0 Å². The molecule has 1 heterocycles. The first-order valence-corrected chi connectivity index (χ1v) is 8.32. The second-order valence-corrected chi connectivity index (χ2v) is 6.45. The van der Waals surface area contributed by atoms with Gasteiger partial charge in [0.2, 0.25) is 0 Å². The minimum atomic E-state index is 0.0611. The van der Waals surface area contributed by atoms with Crippen LogP contribution in [0.2, 0.25) is 10.0 Å². The molecule has 1 aromatic carbocycles. The van der Waals surface area contributed by atoms with Crippen molar-refractivity contribution < 1.29 is 0 Å². The van der Waals surface area contributed by atoms with E-state index in [1.54, 1.807) is 24.4 Å². The third-order valence-electron chi connectivity index (χ3n) is 4.19. The Labute approximate surface area is 146 Å². The predicted octanol–water partition coefficient (Wildman–Crippen LogP) is 5.31. The van der Waals surface area contributed by atoms with E-state index in [-0.39, 0.29) is 5.41 Å². The van der Waals surface area contributed by atoms with Crippen molar-refractivity contribution in [3.63, 3.8) is 0 Å². The molecular weight excluding hydrogens is 331 g/mol. The quantitative estimate of drug-likeness (QED) is 0.567. The summed E-state index contributed by atoms with van der Waals surface area (Å²) in [6.45, 7) is 6.53. The molecular formula is C17H20Cl2N4. The van der Waals surface area contributed by atoms with Crippen LogP contribution in [0.1, 0.15) is 44.9 Å². The molecule has 0 saturated carbocycles. The molecule has 6 heteroatoms.